The predicted octanol–water partition coefficient (Wildman–Crippen LogP) is 5.71. The number of amides is 1. The summed E-state index contributed by atoms with van der Waals surface area (Å²) >= 11 is 0. The van der Waals surface area contributed by atoms with Crippen molar-refractivity contribution in [2.75, 3.05) is 5.75 Å². The number of carbonyl (C=O) groups excluding carboxylic acids is 1. The van der Waals surface area contributed by atoms with Gasteiger partial charge in [-0.3, -0.25) is 4.79 Å². The summed E-state index contributed by atoms with van der Waals surface area (Å²) in [6.07, 6.45) is 16.1. The van der Waals surface area contributed by atoms with Gasteiger partial charge in [0.1, 0.15) is 0 Å². The van der Waals surface area contributed by atoms with Crippen molar-refractivity contribution in [3.8, 4) is 0 Å². The molecule has 8 heteroatoms. The average Bonchev–Trinajstić information content (AvgIpc) is 3.59. The zero-order chi connectivity index (χ0) is 28.3. The Morgan fingerprint density at radius 1 is 0.897 bits per heavy atom. The largest absolute Gasteiger partial charge is 0.390 e. The Bertz CT molecular complexity index is 922. The summed E-state index contributed by atoms with van der Waals surface area (Å²) in [7, 11) is -3.78. The van der Waals surface area contributed by atoms with Crippen LogP contribution >= 0.6 is 0 Å². The van der Waals surface area contributed by atoms with Gasteiger partial charge in [-0.25, -0.2) is 12.7 Å². The third-order valence-corrected chi connectivity index (χ3v) is 13.0. The van der Waals surface area contributed by atoms with Gasteiger partial charge in [0.2, 0.25) is 10.0 Å². The predicted molar refractivity (Wildman–Crippen MR) is 154 cm³/mol. The molecule has 39 heavy (non-hydrogen) atoms. The van der Waals surface area contributed by atoms with E-state index in [1.165, 1.54) is 64.2 Å². The quantitative estimate of drug-likeness (QED) is 0.231. The highest BCUT2D eigenvalue weighted by atomic mass is 32.2. The van der Waals surface area contributed by atoms with Gasteiger partial charge in [0.05, 0.1) is 30.1 Å². The third-order valence-electron chi connectivity index (χ3n) is 11.1. The maximum Gasteiger partial charge on any atom is 0.267 e. The average molecular weight is 570 g/mol. The maximum absolute atomic E-state index is 13.4. The number of hydrogen-bond acceptors (Lipinski definition) is 6. The number of sulfonamides is 1. The Morgan fingerprint density at radius 3 is 2.05 bits per heavy atom. The molecule has 3 unspecified atom stereocenters. The van der Waals surface area contributed by atoms with Gasteiger partial charge in [-0.1, -0.05) is 97.8 Å². The number of nitrogens with zero attached hydrogens (tertiary/aromatic N) is 1. The first kappa shape index (κ1) is 31.2. The van der Waals surface area contributed by atoms with Crippen LogP contribution in [0.3, 0.4) is 0 Å². The Balaban J connectivity index is 1.15. The topological polar surface area (TPSA) is 104 Å². The van der Waals surface area contributed by atoms with Crippen LogP contribution in [0.15, 0.2) is 0 Å². The van der Waals surface area contributed by atoms with Crippen LogP contribution in [0.1, 0.15) is 136 Å². The fourth-order valence-electron chi connectivity index (χ4n) is 8.45. The van der Waals surface area contributed by atoms with Gasteiger partial charge in [-0.2, -0.15) is 0 Å². The van der Waals surface area contributed by atoms with Crippen molar-refractivity contribution in [2.45, 2.75) is 167 Å². The highest BCUT2D eigenvalue weighted by Crippen LogP contribution is 2.70. The Labute approximate surface area is 237 Å². The molecule has 2 aliphatic carbocycles. The number of unbranched alkanes of at least 4 members (excludes halogenated alkanes) is 11. The highest BCUT2D eigenvalue weighted by molar-refractivity contribution is 7.90. The van der Waals surface area contributed by atoms with E-state index in [2.05, 4.69) is 20.8 Å². The molecule has 4 aliphatic rings. The van der Waals surface area contributed by atoms with Crippen LogP contribution in [-0.4, -0.2) is 65.1 Å². The lowest BCUT2D eigenvalue weighted by molar-refractivity contribution is -0.148. The van der Waals surface area contributed by atoms with E-state index in [0.29, 0.717) is 31.6 Å². The lowest BCUT2D eigenvalue weighted by Crippen LogP contribution is -2.50. The fraction of sp³-hybridized carbons (Fsp3) is 0.968. The smallest absolute Gasteiger partial charge is 0.267 e. The summed E-state index contributed by atoms with van der Waals surface area (Å²) in [5.74, 6) is -0.326. The first-order valence-corrected chi connectivity index (χ1v) is 17.7. The molecule has 2 aliphatic heterocycles. The molecule has 2 bridgehead atoms. The maximum atomic E-state index is 13.4. The minimum Gasteiger partial charge on any atom is -0.390 e. The number of aliphatic hydroxyl groups excluding tert-OH is 2. The Morgan fingerprint density at radius 2 is 1.46 bits per heavy atom. The first-order chi connectivity index (χ1) is 18.5. The molecule has 226 valence electrons. The van der Waals surface area contributed by atoms with Crippen molar-refractivity contribution < 1.29 is 28.2 Å². The van der Waals surface area contributed by atoms with E-state index < -0.39 is 45.8 Å². The van der Waals surface area contributed by atoms with Gasteiger partial charge in [-0.05, 0) is 49.9 Å². The minimum atomic E-state index is -3.78. The van der Waals surface area contributed by atoms with Crippen LogP contribution in [0.25, 0.3) is 0 Å². The van der Waals surface area contributed by atoms with Crippen molar-refractivity contribution in [1.29, 1.82) is 0 Å². The molecule has 0 aromatic carbocycles. The number of carbonyl (C=O) groups is 1. The summed E-state index contributed by atoms with van der Waals surface area (Å²) < 4.78 is 33.4. The number of rotatable bonds is 16. The monoisotopic (exact) mass is 569 g/mol. The Kier molecular flexibility index (Phi) is 10.5. The van der Waals surface area contributed by atoms with Crippen LogP contribution < -0.4 is 0 Å². The van der Waals surface area contributed by atoms with Crippen LogP contribution in [0.2, 0.25) is 0 Å². The molecular weight excluding hydrogens is 514 g/mol. The molecule has 2 N–H and O–H groups in total. The third kappa shape index (κ3) is 6.39. The van der Waals surface area contributed by atoms with E-state index in [0.717, 1.165) is 30.0 Å². The van der Waals surface area contributed by atoms with Gasteiger partial charge in [0.25, 0.3) is 5.91 Å². The van der Waals surface area contributed by atoms with Gasteiger partial charge in [0, 0.05) is 5.41 Å². The van der Waals surface area contributed by atoms with E-state index in [1.807, 2.05) is 0 Å². The van der Waals surface area contributed by atoms with Gasteiger partial charge in [-0.15, -0.1) is 0 Å². The highest BCUT2D eigenvalue weighted by Gasteiger charge is 2.72. The lowest BCUT2D eigenvalue weighted by atomic mass is 9.69. The lowest BCUT2D eigenvalue weighted by Gasteiger charge is -2.37. The summed E-state index contributed by atoms with van der Waals surface area (Å²) in [5.41, 5.74) is -0.535. The van der Waals surface area contributed by atoms with Crippen molar-refractivity contribution in [3.05, 3.63) is 0 Å². The van der Waals surface area contributed by atoms with Crippen LogP contribution in [0.4, 0.5) is 0 Å². The molecule has 4 rings (SSSR count). The van der Waals surface area contributed by atoms with Crippen LogP contribution in [0.5, 0.6) is 0 Å². The van der Waals surface area contributed by atoms with Crippen LogP contribution in [0, 0.1) is 16.7 Å². The number of aliphatic hydroxyl groups is 2. The SMILES string of the molecule is CCCCCCCCCCCCCC[C@@H](O)[C@H]1CC[C@@H]([C@@H](O)C(=O)N2C3CC4CCC3(CS2(=O)=O)C4(C)C)O1. The summed E-state index contributed by atoms with van der Waals surface area (Å²) in [4.78, 5) is 13.4. The molecular formula is C31H55NO6S. The molecule has 0 aromatic rings. The number of fused-ring (bicyclic) bond motifs is 1. The second-order valence-electron chi connectivity index (χ2n) is 13.7. The molecule has 7 nitrogen and oxygen atoms in total. The molecule has 1 spiro atoms. The minimum absolute atomic E-state index is 0.00145. The van der Waals surface area contributed by atoms with E-state index in [-0.39, 0.29) is 17.2 Å². The van der Waals surface area contributed by atoms with Crippen molar-refractivity contribution in [1.82, 2.24) is 4.31 Å². The van der Waals surface area contributed by atoms with Crippen molar-refractivity contribution in [3.63, 3.8) is 0 Å². The first-order valence-electron chi connectivity index (χ1n) is 16.1. The zero-order valence-electron chi connectivity index (χ0n) is 24.8. The standard InChI is InChI=1S/C31H55NO6S/c1-4-5-6-7-8-9-10-11-12-13-14-15-16-24(33)25-17-18-26(38-25)28(34)29(35)32-27-21-23-19-20-31(27,30(23,2)3)22-39(32,36)37/h23-28,33-34H,4-22H2,1-3H3/t23?,24-,25-,26+,27?,28-,31?/m1/s1. The molecule has 0 radical (unpaired) electrons. The van der Waals surface area contributed by atoms with Crippen LogP contribution in [-0.2, 0) is 19.6 Å². The molecule has 0 aromatic heterocycles. The zero-order valence-corrected chi connectivity index (χ0v) is 25.6. The molecule has 2 saturated heterocycles. The van der Waals surface area contributed by atoms with Gasteiger partial charge in [0.15, 0.2) is 6.10 Å². The summed E-state index contributed by atoms with van der Waals surface area (Å²) in [5, 5.41) is 21.7. The molecule has 2 saturated carbocycles. The molecule has 1 amide bonds. The van der Waals surface area contributed by atoms with Gasteiger partial charge < -0.3 is 14.9 Å². The molecule has 7 atom stereocenters. The normalized spacial score (nSPS) is 33.9. The second kappa shape index (κ2) is 13.1. The Hall–Kier alpha value is -0.700. The second-order valence-corrected chi connectivity index (χ2v) is 15.6. The molecule has 4 fully saturated rings. The van der Waals surface area contributed by atoms with E-state index in [9.17, 15) is 23.4 Å². The summed E-state index contributed by atoms with van der Waals surface area (Å²) in [6, 6.07) is -0.355. The summed E-state index contributed by atoms with van der Waals surface area (Å²) in [6.45, 7) is 6.54. The van der Waals surface area contributed by atoms with E-state index in [4.69, 9.17) is 4.74 Å². The van der Waals surface area contributed by atoms with Crippen molar-refractivity contribution >= 4 is 15.9 Å². The van der Waals surface area contributed by atoms with E-state index >= 15 is 0 Å². The van der Waals surface area contributed by atoms with E-state index in [1.54, 1.807) is 0 Å². The van der Waals surface area contributed by atoms with Gasteiger partial charge >= 0.3 is 0 Å². The number of hydrogen-bond donors (Lipinski definition) is 2. The fourth-order valence-corrected chi connectivity index (χ4v) is 11.0. The number of ether oxygens (including phenoxy) is 1. The van der Waals surface area contributed by atoms with Crippen molar-refractivity contribution in [2.24, 2.45) is 16.7 Å². The molecule has 2 heterocycles.